The quantitative estimate of drug-likeness (QED) is 0.820. The molecule has 3 rings (SSSR count). The maximum atomic E-state index is 12.9. The van der Waals surface area contributed by atoms with Crippen LogP contribution in [0.2, 0.25) is 0 Å². The van der Waals surface area contributed by atoms with E-state index in [1.165, 1.54) is 57.8 Å². The molecule has 0 atom stereocenters. The minimum absolute atomic E-state index is 0.0148. The molecule has 0 radical (unpaired) electrons. The van der Waals surface area contributed by atoms with Crippen molar-refractivity contribution in [2.75, 3.05) is 0 Å². The van der Waals surface area contributed by atoms with Crippen molar-refractivity contribution < 1.29 is 4.79 Å². The fourth-order valence-corrected chi connectivity index (χ4v) is 4.39. The molecule has 0 spiro atoms. The average Bonchev–Trinajstić information content (AvgIpc) is 3.05. The van der Waals surface area contributed by atoms with Crippen LogP contribution in [0.25, 0.3) is 0 Å². The molecule has 132 valence electrons. The van der Waals surface area contributed by atoms with Crippen LogP contribution in [0.1, 0.15) is 105 Å². The zero-order valence-electron chi connectivity index (χ0n) is 15.4. The number of nitrogens with zero attached hydrogens (tertiary/aromatic N) is 1. The lowest BCUT2D eigenvalue weighted by molar-refractivity contribution is 0.0884. The Morgan fingerprint density at radius 3 is 2.33 bits per heavy atom. The van der Waals surface area contributed by atoms with E-state index < -0.39 is 0 Å². The minimum atomic E-state index is -0.0730. The highest BCUT2D eigenvalue weighted by Crippen LogP contribution is 2.33. The van der Waals surface area contributed by atoms with Crippen molar-refractivity contribution in [1.29, 1.82) is 0 Å². The zero-order chi connectivity index (χ0) is 17.0. The van der Waals surface area contributed by atoms with Crippen molar-refractivity contribution in [2.45, 2.75) is 95.9 Å². The number of carbonyl (C=O) groups is 1. The third-order valence-electron chi connectivity index (χ3n) is 5.87. The number of rotatable bonds is 3. The summed E-state index contributed by atoms with van der Waals surface area (Å²) in [4.78, 5) is 17.6. The first-order chi connectivity index (χ1) is 11.6. The van der Waals surface area contributed by atoms with Gasteiger partial charge in [-0.1, -0.05) is 44.9 Å². The van der Waals surface area contributed by atoms with Gasteiger partial charge in [-0.3, -0.25) is 4.79 Å². The summed E-state index contributed by atoms with van der Waals surface area (Å²) in [5.74, 6) is 0.564. The van der Waals surface area contributed by atoms with Crippen LogP contribution in [0.4, 0.5) is 0 Å². The molecule has 0 bridgehead atoms. The summed E-state index contributed by atoms with van der Waals surface area (Å²) in [5, 5.41) is 3.32. The van der Waals surface area contributed by atoms with Gasteiger partial charge in [0.05, 0.1) is 0 Å². The number of aromatic nitrogens is 1. The number of carbonyl (C=O) groups excluding carboxylic acids is 1. The van der Waals surface area contributed by atoms with E-state index in [0.717, 1.165) is 24.1 Å². The molecular weight excluding hydrogens is 296 g/mol. The molecule has 2 saturated carbocycles. The van der Waals surface area contributed by atoms with Gasteiger partial charge in [0.25, 0.3) is 5.91 Å². The van der Waals surface area contributed by atoms with Crippen molar-refractivity contribution in [3.63, 3.8) is 0 Å². The monoisotopic (exact) mass is 328 g/mol. The van der Waals surface area contributed by atoms with E-state index in [0.29, 0.717) is 11.6 Å². The van der Waals surface area contributed by atoms with E-state index in [1.54, 1.807) is 0 Å². The van der Waals surface area contributed by atoms with Gasteiger partial charge >= 0.3 is 0 Å². The Labute approximate surface area is 146 Å². The third-order valence-corrected chi connectivity index (χ3v) is 5.87. The number of amides is 1. The molecule has 24 heavy (non-hydrogen) atoms. The molecule has 1 amide bonds. The fraction of sp³-hybridized carbons (Fsp3) is 0.714. The molecule has 3 heteroatoms. The summed E-state index contributed by atoms with van der Waals surface area (Å²) in [7, 11) is 0. The summed E-state index contributed by atoms with van der Waals surface area (Å²) in [6.45, 7) is 4.29. The molecular formula is C21H32N2O. The van der Waals surface area contributed by atoms with E-state index in [9.17, 15) is 4.79 Å². The Hall–Kier alpha value is -1.38. The number of hydrogen-bond donors (Lipinski definition) is 1. The van der Waals surface area contributed by atoms with Crippen LogP contribution in [-0.2, 0) is 0 Å². The summed E-state index contributed by atoms with van der Waals surface area (Å²) in [6, 6.07) is 4.12. The fourth-order valence-electron chi connectivity index (χ4n) is 4.39. The van der Waals surface area contributed by atoms with E-state index in [1.807, 2.05) is 6.07 Å². The highest BCUT2D eigenvalue weighted by molar-refractivity contribution is 5.93. The molecule has 1 heterocycles. The SMILES string of the molecule is Cc1cc(C(=O)NC2(C)CCCCCCC2)nc(C2CCCC2)c1. The van der Waals surface area contributed by atoms with Crippen molar-refractivity contribution in [3.8, 4) is 0 Å². The predicted octanol–water partition coefficient (Wildman–Crippen LogP) is 5.28. The van der Waals surface area contributed by atoms with E-state index in [-0.39, 0.29) is 11.4 Å². The Morgan fingerprint density at radius 2 is 1.67 bits per heavy atom. The van der Waals surface area contributed by atoms with Crippen LogP contribution in [0.5, 0.6) is 0 Å². The number of pyridine rings is 1. The van der Waals surface area contributed by atoms with Gasteiger partial charge in [-0.05, 0) is 57.2 Å². The van der Waals surface area contributed by atoms with Crippen molar-refractivity contribution in [3.05, 3.63) is 29.1 Å². The molecule has 0 saturated heterocycles. The molecule has 1 aromatic rings. The standard InChI is InChI=1S/C21H32N2O/c1-16-14-18(17-10-6-7-11-17)22-19(15-16)20(24)23-21(2)12-8-4-3-5-9-13-21/h14-15,17H,3-13H2,1-2H3,(H,23,24). The molecule has 3 nitrogen and oxygen atoms in total. The van der Waals surface area contributed by atoms with Gasteiger partial charge in [-0.2, -0.15) is 0 Å². The first-order valence-corrected chi connectivity index (χ1v) is 9.87. The molecule has 1 aromatic heterocycles. The second kappa shape index (κ2) is 7.67. The topological polar surface area (TPSA) is 42.0 Å². The molecule has 0 aromatic carbocycles. The lowest BCUT2D eigenvalue weighted by Crippen LogP contribution is -2.46. The second-order valence-electron chi connectivity index (χ2n) is 8.22. The number of nitrogens with one attached hydrogen (secondary N) is 1. The Morgan fingerprint density at radius 1 is 1.04 bits per heavy atom. The van der Waals surface area contributed by atoms with Crippen LogP contribution < -0.4 is 5.32 Å². The largest absolute Gasteiger partial charge is 0.346 e. The van der Waals surface area contributed by atoms with E-state index in [2.05, 4.69) is 25.2 Å². The number of aryl methyl sites for hydroxylation is 1. The lowest BCUT2D eigenvalue weighted by Gasteiger charge is -2.32. The Kier molecular flexibility index (Phi) is 5.57. The maximum Gasteiger partial charge on any atom is 0.270 e. The molecule has 0 unspecified atom stereocenters. The van der Waals surface area contributed by atoms with Crippen molar-refractivity contribution >= 4 is 5.91 Å². The predicted molar refractivity (Wildman–Crippen MR) is 98.4 cm³/mol. The average molecular weight is 329 g/mol. The van der Waals surface area contributed by atoms with Gasteiger partial charge in [0, 0.05) is 17.2 Å². The summed E-state index contributed by atoms with van der Waals surface area (Å²) in [5.41, 5.74) is 2.82. The molecule has 1 N–H and O–H groups in total. The van der Waals surface area contributed by atoms with Crippen LogP contribution in [0.3, 0.4) is 0 Å². The van der Waals surface area contributed by atoms with E-state index in [4.69, 9.17) is 4.98 Å². The van der Waals surface area contributed by atoms with Gasteiger partial charge in [-0.15, -0.1) is 0 Å². The first-order valence-electron chi connectivity index (χ1n) is 9.87. The van der Waals surface area contributed by atoms with Gasteiger partial charge < -0.3 is 5.32 Å². The van der Waals surface area contributed by atoms with Gasteiger partial charge in [-0.25, -0.2) is 4.98 Å². The van der Waals surface area contributed by atoms with Crippen LogP contribution >= 0.6 is 0 Å². The summed E-state index contributed by atoms with van der Waals surface area (Å²) >= 11 is 0. The normalized spacial score (nSPS) is 21.9. The zero-order valence-corrected chi connectivity index (χ0v) is 15.4. The van der Waals surface area contributed by atoms with Crippen molar-refractivity contribution in [1.82, 2.24) is 10.3 Å². The van der Waals surface area contributed by atoms with Crippen LogP contribution in [0.15, 0.2) is 12.1 Å². The smallest absolute Gasteiger partial charge is 0.270 e. The van der Waals surface area contributed by atoms with Gasteiger partial charge in [0.15, 0.2) is 0 Å². The second-order valence-corrected chi connectivity index (χ2v) is 8.22. The van der Waals surface area contributed by atoms with Crippen molar-refractivity contribution in [2.24, 2.45) is 0 Å². The van der Waals surface area contributed by atoms with E-state index >= 15 is 0 Å². The highest BCUT2D eigenvalue weighted by Gasteiger charge is 2.28. The lowest BCUT2D eigenvalue weighted by atomic mass is 9.85. The maximum absolute atomic E-state index is 12.9. The summed E-state index contributed by atoms with van der Waals surface area (Å²) in [6.07, 6.45) is 13.5. The number of hydrogen-bond acceptors (Lipinski definition) is 2. The third kappa shape index (κ3) is 4.37. The van der Waals surface area contributed by atoms with Gasteiger partial charge in [0.2, 0.25) is 0 Å². The van der Waals surface area contributed by atoms with Crippen LogP contribution in [-0.4, -0.2) is 16.4 Å². The Balaban J connectivity index is 1.73. The first kappa shape index (κ1) is 17.4. The molecule has 2 aliphatic rings. The molecule has 0 aliphatic heterocycles. The molecule has 2 aliphatic carbocycles. The molecule has 2 fully saturated rings. The van der Waals surface area contributed by atoms with Crippen LogP contribution in [0, 0.1) is 6.92 Å². The Bertz CT molecular complexity index is 567. The summed E-state index contributed by atoms with van der Waals surface area (Å²) < 4.78 is 0. The minimum Gasteiger partial charge on any atom is -0.346 e. The highest BCUT2D eigenvalue weighted by atomic mass is 16.2. The van der Waals surface area contributed by atoms with Gasteiger partial charge in [0.1, 0.15) is 5.69 Å².